The van der Waals surface area contributed by atoms with Crippen LogP contribution in [0.2, 0.25) is 0 Å². The van der Waals surface area contributed by atoms with Crippen LogP contribution in [0.3, 0.4) is 0 Å². The Morgan fingerprint density at radius 2 is 2.10 bits per heavy atom. The molecule has 0 bridgehead atoms. The number of carbonyl (C=O) groups is 1. The van der Waals surface area contributed by atoms with Crippen molar-refractivity contribution in [3.05, 3.63) is 17.7 Å². The molecule has 0 unspecified atom stereocenters. The van der Waals surface area contributed by atoms with Gasteiger partial charge in [-0.2, -0.15) is 0 Å². The third-order valence-electron chi connectivity index (χ3n) is 2.95. The maximum absolute atomic E-state index is 11.0. The van der Waals surface area contributed by atoms with Gasteiger partial charge < -0.3 is 24.3 Å². The molecule has 0 fully saturated rings. The summed E-state index contributed by atoms with van der Waals surface area (Å²) in [5, 5.41) is 3.17. The van der Waals surface area contributed by atoms with Gasteiger partial charge in [-0.1, -0.05) is 0 Å². The topological polar surface area (TPSA) is 66.0 Å². The van der Waals surface area contributed by atoms with Crippen molar-refractivity contribution in [3.63, 3.8) is 0 Å². The summed E-state index contributed by atoms with van der Waals surface area (Å²) in [5.74, 6) is 1.78. The van der Waals surface area contributed by atoms with E-state index in [0.717, 1.165) is 5.56 Å². The quantitative estimate of drug-likeness (QED) is 0.622. The molecule has 0 amide bonds. The summed E-state index contributed by atoms with van der Waals surface area (Å²) in [4.78, 5) is 11.0. The third-order valence-corrected chi connectivity index (χ3v) is 2.95. The van der Waals surface area contributed by atoms with Gasteiger partial charge in [0.05, 0.1) is 20.6 Å². The molecule has 0 radical (unpaired) electrons. The summed E-state index contributed by atoms with van der Waals surface area (Å²) >= 11 is 0. The normalized spacial score (nSPS) is 12.9. The zero-order valence-corrected chi connectivity index (χ0v) is 11.7. The number of hydrogen-bond acceptors (Lipinski definition) is 6. The van der Waals surface area contributed by atoms with Crippen molar-refractivity contribution in [2.24, 2.45) is 0 Å². The minimum absolute atomic E-state index is 0.225. The first-order valence-corrected chi connectivity index (χ1v) is 6.48. The number of benzene rings is 1. The minimum Gasteiger partial charge on any atom is -0.493 e. The molecular weight excluding hydrogens is 262 g/mol. The Hall–Kier alpha value is -1.95. The maximum atomic E-state index is 11.0. The van der Waals surface area contributed by atoms with Gasteiger partial charge in [0.1, 0.15) is 13.2 Å². The number of ether oxygens (including phenoxy) is 4. The van der Waals surface area contributed by atoms with Gasteiger partial charge in [-0.3, -0.25) is 4.79 Å². The lowest BCUT2D eigenvalue weighted by molar-refractivity contribution is -0.140. The minimum atomic E-state index is -0.225. The number of fused-ring (bicyclic) bond motifs is 1. The van der Waals surface area contributed by atoms with Gasteiger partial charge >= 0.3 is 5.97 Å². The number of esters is 1. The fourth-order valence-corrected chi connectivity index (χ4v) is 1.95. The van der Waals surface area contributed by atoms with E-state index >= 15 is 0 Å². The second-order valence-corrected chi connectivity index (χ2v) is 4.33. The highest BCUT2D eigenvalue weighted by molar-refractivity contribution is 5.69. The van der Waals surface area contributed by atoms with E-state index < -0.39 is 0 Å². The Labute approximate surface area is 118 Å². The van der Waals surface area contributed by atoms with Crippen molar-refractivity contribution in [1.29, 1.82) is 0 Å². The van der Waals surface area contributed by atoms with Crippen LogP contribution in [-0.2, 0) is 16.1 Å². The van der Waals surface area contributed by atoms with E-state index in [0.29, 0.717) is 50.0 Å². The number of carbonyl (C=O) groups excluding carboxylic acids is 1. The molecule has 1 heterocycles. The Morgan fingerprint density at radius 3 is 2.85 bits per heavy atom. The zero-order valence-electron chi connectivity index (χ0n) is 11.7. The van der Waals surface area contributed by atoms with Gasteiger partial charge in [-0.15, -0.1) is 0 Å². The van der Waals surface area contributed by atoms with Crippen LogP contribution in [0, 0.1) is 0 Å². The zero-order chi connectivity index (χ0) is 14.4. The largest absolute Gasteiger partial charge is 0.493 e. The molecule has 0 atom stereocenters. The lowest BCUT2D eigenvalue weighted by atomic mass is 10.1. The standard InChI is InChI=1S/C14H19NO5/c1-17-11-7-10(9-15-4-3-13(16)18-2)8-12-14(11)20-6-5-19-12/h7-8,15H,3-6,9H2,1-2H3. The molecule has 2 rings (SSSR count). The summed E-state index contributed by atoms with van der Waals surface area (Å²) in [6.45, 7) is 2.24. The van der Waals surface area contributed by atoms with Gasteiger partial charge in [0, 0.05) is 13.1 Å². The van der Waals surface area contributed by atoms with Crippen molar-refractivity contribution in [3.8, 4) is 17.2 Å². The molecule has 1 aliphatic heterocycles. The first-order chi connectivity index (χ1) is 9.74. The van der Waals surface area contributed by atoms with E-state index in [1.807, 2.05) is 12.1 Å². The van der Waals surface area contributed by atoms with Gasteiger partial charge in [0.25, 0.3) is 0 Å². The number of methoxy groups -OCH3 is 2. The average Bonchev–Trinajstić information content (AvgIpc) is 2.50. The highest BCUT2D eigenvalue weighted by Crippen LogP contribution is 2.40. The molecule has 1 N–H and O–H groups in total. The molecule has 0 saturated heterocycles. The Kier molecular flexibility index (Phi) is 5.06. The number of hydrogen-bond donors (Lipinski definition) is 1. The van der Waals surface area contributed by atoms with Crippen LogP contribution in [0.25, 0.3) is 0 Å². The Morgan fingerprint density at radius 1 is 1.30 bits per heavy atom. The predicted molar refractivity (Wildman–Crippen MR) is 72.3 cm³/mol. The first kappa shape index (κ1) is 14.5. The van der Waals surface area contributed by atoms with E-state index in [1.54, 1.807) is 7.11 Å². The SMILES string of the molecule is COC(=O)CCNCc1cc(OC)c2c(c1)OCCO2. The van der Waals surface area contributed by atoms with Crippen molar-refractivity contribution in [1.82, 2.24) is 5.32 Å². The second kappa shape index (κ2) is 7.00. The molecule has 0 aliphatic carbocycles. The van der Waals surface area contributed by atoms with Gasteiger partial charge in [-0.05, 0) is 17.7 Å². The van der Waals surface area contributed by atoms with E-state index in [9.17, 15) is 4.79 Å². The van der Waals surface area contributed by atoms with E-state index in [4.69, 9.17) is 14.2 Å². The number of rotatable bonds is 6. The van der Waals surface area contributed by atoms with Crippen molar-refractivity contribution >= 4 is 5.97 Å². The van der Waals surface area contributed by atoms with Gasteiger partial charge in [-0.25, -0.2) is 0 Å². The fourth-order valence-electron chi connectivity index (χ4n) is 1.95. The van der Waals surface area contributed by atoms with Crippen LogP contribution in [0.15, 0.2) is 12.1 Å². The van der Waals surface area contributed by atoms with Crippen LogP contribution in [-0.4, -0.2) is 39.9 Å². The lowest BCUT2D eigenvalue weighted by Crippen LogP contribution is -2.19. The van der Waals surface area contributed by atoms with Crippen molar-refractivity contribution < 1.29 is 23.7 Å². The summed E-state index contributed by atoms with van der Waals surface area (Å²) < 4.78 is 21.0. The number of nitrogens with one attached hydrogen (secondary N) is 1. The highest BCUT2D eigenvalue weighted by atomic mass is 16.6. The fraction of sp³-hybridized carbons (Fsp3) is 0.500. The summed E-state index contributed by atoms with van der Waals surface area (Å²) in [7, 11) is 2.98. The van der Waals surface area contributed by atoms with Crippen molar-refractivity contribution in [2.45, 2.75) is 13.0 Å². The van der Waals surface area contributed by atoms with Gasteiger partial charge in [0.15, 0.2) is 11.5 Å². The third kappa shape index (κ3) is 3.54. The highest BCUT2D eigenvalue weighted by Gasteiger charge is 2.18. The molecular formula is C14H19NO5. The molecule has 0 saturated carbocycles. The van der Waals surface area contributed by atoms with Crippen molar-refractivity contribution in [2.75, 3.05) is 34.0 Å². The molecule has 1 aromatic carbocycles. The van der Waals surface area contributed by atoms with E-state index in [-0.39, 0.29) is 5.97 Å². The summed E-state index contributed by atoms with van der Waals surface area (Å²) in [5.41, 5.74) is 1.01. The molecule has 1 aromatic rings. The maximum Gasteiger partial charge on any atom is 0.306 e. The van der Waals surface area contributed by atoms with E-state index in [1.165, 1.54) is 7.11 Å². The molecule has 0 spiro atoms. The smallest absolute Gasteiger partial charge is 0.306 e. The van der Waals surface area contributed by atoms with Crippen LogP contribution < -0.4 is 19.5 Å². The molecule has 6 heteroatoms. The van der Waals surface area contributed by atoms with Gasteiger partial charge in [0.2, 0.25) is 5.75 Å². The van der Waals surface area contributed by atoms with Crippen LogP contribution in [0.5, 0.6) is 17.2 Å². The first-order valence-electron chi connectivity index (χ1n) is 6.48. The summed E-state index contributed by atoms with van der Waals surface area (Å²) in [6.07, 6.45) is 0.345. The lowest BCUT2D eigenvalue weighted by Gasteiger charge is -2.21. The van der Waals surface area contributed by atoms with E-state index in [2.05, 4.69) is 10.1 Å². The molecule has 1 aliphatic rings. The predicted octanol–water partition coefficient (Wildman–Crippen LogP) is 1.12. The second-order valence-electron chi connectivity index (χ2n) is 4.33. The Balaban J connectivity index is 1.96. The molecule has 6 nitrogen and oxygen atoms in total. The molecule has 0 aromatic heterocycles. The average molecular weight is 281 g/mol. The molecule has 20 heavy (non-hydrogen) atoms. The Bertz CT molecular complexity index is 458. The monoisotopic (exact) mass is 281 g/mol. The molecule has 110 valence electrons. The summed E-state index contributed by atoms with van der Waals surface area (Å²) in [6, 6.07) is 3.82. The van der Waals surface area contributed by atoms with Crippen LogP contribution >= 0.6 is 0 Å². The van der Waals surface area contributed by atoms with Crippen LogP contribution in [0.4, 0.5) is 0 Å². The van der Waals surface area contributed by atoms with Crippen LogP contribution in [0.1, 0.15) is 12.0 Å².